The number of benzodiazepines with no additional fused rings is 1. The summed E-state index contributed by atoms with van der Waals surface area (Å²) in [6.45, 7) is 2.07. The third kappa shape index (κ3) is 7.02. The number of benzene rings is 3. The summed E-state index contributed by atoms with van der Waals surface area (Å²) in [6.07, 6.45) is -0.836. The van der Waals surface area contributed by atoms with E-state index in [0.717, 1.165) is 0 Å². The summed E-state index contributed by atoms with van der Waals surface area (Å²) < 4.78 is 5.77. The van der Waals surface area contributed by atoms with E-state index < -0.39 is 18.0 Å². The van der Waals surface area contributed by atoms with Gasteiger partial charge in [-0.15, -0.1) is 0 Å². The Hall–Kier alpha value is -3.30. The van der Waals surface area contributed by atoms with Crippen LogP contribution in [0.1, 0.15) is 34.8 Å². The van der Waals surface area contributed by atoms with Gasteiger partial charge in [-0.1, -0.05) is 64.6 Å². The Balaban J connectivity index is 1.66. The lowest BCUT2D eigenvalue weighted by atomic mass is 10.0. The minimum Gasteiger partial charge on any atom is -0.493 e. The Morgan fingerprint density at radius 2 is 1.72 bits per heavy atom. The van der Waals surface area contributed by atoms with Crippen molar-refractivity contribution in [2.45, 2.75) is 19.5 Å². The number of carbonyl (C=O) groups is 3. The van der Waals surface area contributed by atoms with Crippen molar-refractivity contribution in [2.24, 2.45) is 4.99 Å². The fourth-order valence-electron chi connectivity index (χ4n) is 3.85. The molecule has 3 aromatic rings. The molecule has 0 saturated carbocycles. The number of fused-ring (bicyclic) bond motifs is 1. The Kier molecular flexibility index (Phi) is 9.35. The molecule has 0 bridgehead atoms. The topological polar surface area (TPSA) is 109 Å². The molecule has 1 heterocycles. The van der Waals surface area contributed by atoms with E-state index in [1.165, 1.54) is 25.1 Å². The van der Waals surface area contributed by atoms with E-state index in [9.17, 15) is 14.4 Å². The molecule has 0 aromatic heterocycles. The molecule has 1 aliphatic heterocycles. The van der Waals surface area contributed by atoms with Crippen LogP contribution in [0.4, 0.5) is 5.69 Å². The molecule has 4 rings (SSSR count). The van der Waals surface area contributed by atoms with Gasteiger partial charge in [0.1, 0.15) is 5.75 Å². The van der Waals surface area contributed by atoms with Gasteiger partial charge in [-0.25, -0.2) is 4.99 Å². The van der Waals surface area contributed by atoms with E-state index in [-0.39, 0.29) is 33.9 Å². The molecule has 0 aliphatic carbocycles. The number of nitrogens with zero attached hydrogens (tertiary/aromatic N) is 1. The van der Waals surface area contributed by atoms with Crippen molar-refractivity contribution in [1.82, 2.24) is 10.6 Å². The fourth-order valence-corrected chi connectivity index (χ4v) is 5.02. The maximum Gasteiger partial charge on any atom is 0.269 e. The first-order chi connectivity index (χ1) is 18.6. The number of carbonyl (C=O) groups excluding carboxylic acids is 3. The van der Waals surface area contributed by atoms with E-state index >= 15 is 0 Å². The van der Waals surface area contributed by atoms with Gasteiger partial charge in [0.15, 0.2) is 0 Å². The predicted octanol–water partition coefficient (Wildman–Crippen LogP) is 5.75. The summed E-state index contributed by atoms with van der Waals surface area (Å²) in [5.74, 6) is -1.11. The molecule has 8 nitrogen and oxygen atoms in total. The highest BCUT2D eigenvalue weighted by molar-refractivity contribution is 6.44. The summed E-state index contributed by atoms with van der Waals surface area (Å²) in [7, 11) is 0. The normalized spacial score (nSPS) is 14.4. The van der Waals surface area contributed by atoms with Crippen LogP contribution in [0.2, 0.25) is 20.1 Å². The molecule has 0 saturated heterocycles. The minimum atomic E-state index is -1.35. The molecule has 3 amide bonds. The van der Waals surface area contributed by atoms with Gasteiger partial charge in [-0.3, -0.25) is 14.4 Å². The van der Waals surface area contributed by atoms with E-state index in [1.807, 2.05) is 0 Å². The molecule has 3 aromatic carbocycles. The zero-order chi connectivity index (χ0) is 28.1. The van der Waals surface area contributed by atoms with Crippen molar-refractivity contribution in [2.75, 3.05) is 18.5 Å². The monoisotopic (exact) mass is 606 g/mol. The molecule has 0 spiro atoms. The van der Waals surface area contributed by atoms with Gasteiger partial charge in [0.2, 0.25) is 12.1 Å². The third-order valence-corrected chi connectivity index (χ3v) is 6.65. The largest absolute Gasteiger partial charge is 0.493 e. The van der Waals surface area contributed by atoms with Crippen LogP contribution < -0.4 is 20.7 Å². The summed E-state index contributed by atoms with van der Waals surface area (Å²) in [4.78, 5) is 42.2. The number of ether oxygens (including phenoxy) is 1. The lowest BCUT2D eigenvalue weighted by molar-refractivity contribution is -0.119. The Labute approximate surface area is 244 Å². The SMILES string of the molecule is CC(=O)NCCCOc1ccc(Cl)cc1C(=O)NC1N=C(c2c(Cl)cc(Cl)cc2Cl)c2ccccc2NC1=O. The average Bonchev–Trinajstić information content (AvgIpc) is 3.00. The molecule has 1 aliphatic rings. The summed E-state index contributed by atoms with van der Waals surface area (Å²) in [5, 5.41) is 9.20. The van der Waals surface area contributed by atoms with Crippen LogP contribution in [0, 0.1) is 0 Å². The van der Waals surface area contributed by atoms with Crippen LogP contribution in [0.5, 0.6) is 5.75 Å². The number of rotatable bonds is 8. The predicted molar refractivity (Wildman–Crippen MR) is 154 cm³/mol. The highest BCUT2D eigenvalue weighted by atomic mass is 35.5. The number of anilines is 1. The molecular formula is C27H22Cl4N4O4. The van der Waals surface area contributed by atoms with Crippen molar-refractivity contribution in [3.05, 3.63) is 91.4 Å². The van der Waals surface area contributed by atoms with Gasteiger partial charge < -0.3 is 20.7 Å². The Bertz CT molecular complexity index is 1450. The highest BCUT2D eigenvalue weighted by Gasteiger charge is 2.30. The van der Waals surface area contributed by atoms with Crippen molar-refractivity contribution < 1.29 is 19.1 Å². The molecular weight excluding hydrogens is 586 g/mol. The van der Waals surface area contributed by atoms with Crippen molar-refractivity contribution in [3.8, 4) is 5.75 Å². The van der Waals surface area contributed by atoms with Gasteiger partial charge in [0.25, 0.3) is 11.8 Å². The minimum absolute atomic E-state index is 0.107. The summed E-state index contributed by atoms with van der Waals surface area (Å²) in [5.41, 5.74) is 1.78. The first-order valence-corrected chi connectivity index (χ1v) is 13.3. The number of aliphatic imine (C=N–C) groups is 1. The smallest absolute Gasteiger partial charge is 0.269 e. The number of halogens is 4. The standard InChI is InChI=1S/C27H22Cl4N4O4/c1-14(36)32-9-4-10-39-22-8-7-15(28)11-18(22)26(37)35-25-27(38)33-21-6-3-2-5-17(21)24(34-25)23-19(30)12-16(29)13-20(23)31/h2-3,5-8,11-13,25H,4,9-10H2,1H3,(H,32,36)(H,33,38)(H,35,37). The second-order valence-corrected chi connectivity index (χ2v) is 10.1. The van der Waals surface area contributed by atoms with Crippen LogP contribution in [0.15, 0.2) is 59.6 Å². The van der Waals surface area contributed by atoms with Gasteiger partial charge in [-0.2, -0.15) is 0 Å². The maximum absolute atomic E-state index is 13.4. The second kappa shape index (κ2) is 12.7. The molecule has 12 heteroatoms. The van der Waals surface area contributed by atoms with Gasteiger partial charge in [-0.05, 0) is 42.8 Å². The van der Waals surface area contributed by atoms with E-state index in [1.54, 1.807) is 36.4 Å². The molecule has 1 atom stereocenters. The molecule has 3 N–H and O–H groups in total. The van der Waals surface area contributed by atoms with Crippen molar-refractivity contribution in [3.63, 3.8) is 0 Å². The van der Waals surface area contributed by atoms with Gasteiger partial charge in [0, 0.05) is 34.6 Å². The van der Waals surface area contributed by atoms with Gasteiger partial charge in [0.05, 0.1) is 33.6 Å². The third-order valence-electron chi connectivity index (χ3n) is 5.60. The van der Waals surface area contributed by atoms with Crippen LogP contribution >= 0.6 is 46.4 Å². The van der Waals surface area contributed by atoms with Crippen molar-refractivity contribution in [1.29, 1.82) is 0 Å². The van der Waals surface area contributed by atoms with E-state index in [4.69, 9.17) is 51.1 Å². The first kappa shape index (κ1) is 28.7. The fraction of sp³-hybridized carbons (Fsp3) is 0.185. The van der Waals surface area contributed by atoms with Crippen LogP contribution in [-0.2, 0) is 9.59 Å². The first-order valence-electron chi connectivity index (χ1n) is 11.7. The van der Waals surface area contributed by atoms with Crippen LogP contribution in [0.25, 0.3) is 0 Å². The second-order valence-electron chi connectivity index (χ2n) is 8.46. The zero-order valence-electron chi connectivity index (χ0n) is 20.5. The molecule has 0 radical (unpaired) electrons. The Morgan fingerprint density at radius 1 is 1.00 bits per heavy atom. The Morgan fingerprint density at radius 3 is 2.44 bits per heavy atom. The lowest BCUT2D eigenvalue weighted by Gasteiger charge is -2.16. The van der Waals surface area contributed by atoms with E-state index in [2.05, 4.69) is 20.9 Å². The number of hydrogen-bond acceptors (Lipinski definition) is 5. The number of para-hydroxylation sites is 1. The molecule has 1 unspecified atom stereocenters. The highest BCUT2D eigenvalue weighted by Crippen LogP contribution is 2.34. The molecule has 39 heavy (non-hydrogen) atoms. The number of amides is 3. The van der Waals surface area contributed by atoms with Crippen molar-refractivity contribution >= 4 is 75.5 Å². The summed E-state index contributed by atoms with van der Waals surface area (Å²) >= 11 is 25.3. The van der Waals surface area contributed by atoms with Crippen LogP contribution in [-0.4, -0.2) is 42.8 Å². The van der Waals surface area contributed by atoms with E-state index in [0.29, 0.717) is 45.5 Å². The quantitative estimate of drug-likeness (QED) is 0.283. The molecule has 0 fully saturated rings. The zero-order valence-corrected chi connectivity index (χ0v) is 23.5. The number of nitrogens with one attached hydrogen (secondary N) is 3. The maximum atomic E-state index is 13.4. The summed E-state index contributed by atoms with van der Waals surface area (Å²) in [6, 6.07) is 14.6. The average molecular weight is 608 g/mol. The lowest BCUT2D eigenvalue weighted by Crippen LogP contribution is -2.42. The van der Waals surface area contributed by atoms with Crippen LogP contribution in [0.3, 0.4) is 0 Å². The molecule has 202 valence electrons. The number of hydrogen-bond donors (Lipinski definition) is 3. The van der Waals surface area contributed by atoms with Gasteiger partial charge >= 0.3 is 0 Å².